The molecule has 1 aromatic rings. The maximum atomic E-state index is 11.7. The molecule has 0 saturated carbocycles. The third-order valence-electron chi connectivity index (χ3n) is 2.70. The summed E-state index contributed by atoms with van der Waals surface area (Å²) in [6.45, 7) is 1.79. The average Bonchev–Trinajstić information content (AvgIpc) is 2.39. The first-order valence-corrected chi connectivity index (χ1v) is 8.32. The lowest BCUT2D eigenvalue weighted by Gasteiger charge is -2.12. The Kier molecular flexibility index (Phi) is 7.93. The number of carbonyl (C=O) groups is 2. The molecular formula is C14H17Cl2NO3S. The second-order valence-corrected chi connectivity index (χ2v) is 6.46. The van der Waals surface area contributed by atoms with Gasteiger partial charge in [-0.05, 0) is 31.0 Å². The molecule has 0 fully saturated rings. The molecule has 0 radical (unpaired) electrons. The van der Waals surface area contributed by atoms with Crippen LogP contribution >= 0.6 is 35.0 Å². The number of nitrogens with one attached hydrogen (secondary N) is 1. The van der Waals surface area contributed by atoms with Crippen LogP contribution in [0.2, 0.25) is 10.0 Å². The fourth-order valence-electron chi connectivity index (χ4n) is 1.62. The Morgan fingerprint density at radius 1 is 1.38 bits per heavy atom. The van der Waals surface area contributed by atoms with Gasteiger partial charge in [-0.1, -0.05) is 29.3 Å². The van der Waals surface area contributed by atoms with E-state index in [-0.39, 0.29) is 18.4 Å². The van der Waals surface area contributed by atoms with Crippen molar-refractivity contribution in [2.75, 3.05) is 5.75 Å². The lowest BCUT2D eigenvalue weighted by molar-refractivity contribution is -0.137. The van der Waals surface area contributed by atoms with E-state index in [1.54, 1.807) is 19.1 Å². The third-order valence-corrected chi connectivity index (χ3v) is 4.27. The van der Waals surface area contributed by atoms with E-state index in [1.165, 1.54) is 11.8 Å². The van der Waals surface area contributed by atoms with Crippen molar-refractivity contribution < 1.29 is 14.7 Å². The zero-order chi connectivity index (χ0) is 15.8. The molecule has 7 heteroatoms. The van der Waals surface area contributed by atoms with Crippen molar-refractivity contribution in [2.24, 2.45) is 0 Å². The van der Waals surface area contributed by atoms with Crippen molar-refractivity contribution in [2.45, 2.75) is 31.6 Å². The number of rotatable bonds is 8. The highest BCUT2D eigenvalue weighted by Gasteiger charge is 2.10. The fourth-order valence-corrected chi connectivity index (χ4v) is 3.02. The number of halogens is 2. The minimum atomic E-state index is -0.858. The second kappa shape index (κ2) is 9.18. The molecule has 1 unspecified atom stereocenters. The Bertz CT molecular complexity index is 511. The predicted molar refractivity (Wildman–Crippen MR) is 87.1 cm³/mol. The molecule has 0 saturated heterocycles. The predicted octanol–water partition coefficient (Wildman–Crippen LogP) is 3.60. The molecule has 0 spiro atoms. The van der Waals surface area contributed by atoms with Gasteiger partial charge in [0, 0.05) is 28.3 Å². The van der Waals surface area contributed by atoms with Crippen LogP contribution in [0.5, 0.6) is 0 Å². The maximum absolute atomic E-state index is 11.7. The van der Waals surface area contributed by atoms with Crippen LogP contribution in [0.1, 0.15) is 25.3 Å². The van der Waals surface area contributed by atoms with Crippen LogP contribution in [0.25, 0.3) is 0 Å². The Hall–Kier alpha value is -0.910. The SMILES string of the molecule is CC(CCC(=O)O)NC(=O)CSCc1ccc(Cl)cc1Cl. The van der Waals surface area contributed by atoms with Crippen LogP contribution in [0.3, 0.4) is 0 Å². The Balaban J connectivity index is 2.28. The van der Waals surface area contributed by atoms with Gasteiger partial charge in [-0.15, -0.1) is 11.8 Å². The summed E-state index contributed by atoms with van der Waals surface area (Å²) in [7, 11) is 0. The lowest BCUT2D eigenvalue weighted by atomic mass is 10.2. The monoisotopic (exact) mass is 349 g/mol. The Labute approximate surface area is 138 Å². The van der Waals surface area contributed by atoms with Crippen molar-refractivity contribution in [3.05, 3.63) is 33.8 Å². The van der Waals surface area contributed by atoms with Crippen LogP contribution in [0.4, 0.5) is 0 Å². The first kappa shape index (κ1) is 18.1. The van der Waals surface area contributed by atoms with E-state index in [0.29, 0.717) is 28.0 Å². The van der Waals surface area contributed by atoms with Crippen LogP contribution in [0.15, 0.2) is 18.2 Å². The molecule has 1 atom stereocenters. The molecule has 1 rings (SSSR count). The van der Waals surface area contributed by atoms with Gasteiger partial charge >= 0.3 is 5.97 Å². The number of hydrogen-bond donors (Lipinski definition) is 2. The fraction of sp³-hybridized carbons (Fsp3) is 0.429. The summed E-state index contributed by atoms with van der Waals surface area (Å²) in [6, 6.07) is 5.13. The van der Waals surface area contributed by atoms with Crippen LogP contribution in [-0.2, 0) is 15.3 Å². The summed E-state index contributed by atoms with van der Waals surface area (Å²) in [5.41, 5.74) is 0.929. The van der Waals surface area contributed by atoms with E-state index in [0.717, 1.165) is 5.56 Å². The lowest BCUT2D eigenvalue weighted by Crippen LogP contribution is -2.34. The Morgan fingerprint density at radius 2 is 2.10 bits per heavy atom. The smallest absolute Gasteiger partial charge is 0.303 e. The van der Waals surface area contributed by atoms with Crippen molar-refractivity contribution in [3.8, 4) is 0 Å². The van der Waals surface area contributed by atoms with Crippen LogP contribution < -0.4 is 5.32 Å². The molecule has 0 bridgehead atoms. The molecule has 0 aliphatic rings. The van der Waals surface area contributed by atoms with E-state index in [4.69, 9.17) is 28.3 Å². The van der Waals surface area contributed by atoms with Gasteiger partial charge in [0.2, 0.25) is 5.91 Å². The molecular weight excluding hydrogens is 333 g/mol. The molecule has 2 N–H and O–H groups in total. The zero-order valence-electron chi connectivity index (χ0n) is 11.6. The number of amides is 1. The van der Waals surface area contributed by atoms with Gasteiger partial charge in [0.25, 0.3) is 0 Å². The molecule has 116 valence electrons. The summed E-state index contributed by atoms with van der Waals surface area (Å²) in [6.07, 6.45) is 0.476. The second-order valence-electron chi connectivity index (χ2n) is 4.63. The van der Waals surface area contributed by atoms with Gasteiger partial charge in [-0.2, -0.15) is 0 Å². The molecule has 21 heavy (non-hydrogen) atoms. The molecule has 1 aromatic carbocycles. The largest absolute Gasteiger partial charge is 0.481 e. The van der Waals surface area contributed by atoms with Gasteiger partial charge in [0.05, 0.1) is 5.75 Å². The van der Waals surface area contributed by atoms with Gasteiger partial charge in [0.1, 0.15) is 0 Å². The molecule has 0 aliphatic carbocycles. The maximum Gasteiger partial charge on any atom is 0.303 e. The third kappa shape index (κ3) is 7.60. The minimum Gasteiger partial charge on any atom is -0.481 e. The van der Waals surface area contributed by atoms with Gasteiger partial charge in [-0.25, -0.2) is 0 Å². The van der Waals surface area contributed by atoms with Gasteiger partial charge in [-0.3, -0.25) is 9.59 Å². The summed E-state index contributed by atoms with van der Waals surface area (Å²) in [5.74, 6) is -0.0469. The minimum absolute atomic E-state index is 0.0506. The average molecular weight is 350 g/mol. The number of hydrogen-bond acceptors (Lipinski definition) is 3. The highest BCUT2D eigenvalue weighted by molar-refractivity contribution is 7.99. The van der Waals surface area contributed by atoms with E-state index >= 15 is 0 Å². The zero-order valence-corrected chi connectivity index (χ0v) is 13.9. The van der Waals surface area contributed by atoms with Crippen LogP contribution in [-0.4, -0.2) is 28.8 Å². The van der Waals surface area contributed by atoms with Crippen LogP contribution in [0, 0.1) is 0 Å². The molecule has 4 nitrogen and oxygen atoms in total. The summed E-state index contributed by atoms with van der Waals surface area (Å²) < 4.78 is 0. The normalized spacial score (nSPS) is 12.0. The molecule has 0 heterocycles. The van der Waals surface area contributed by atoms with Crippen molar-refractivity contribution in [1.29, 1.82) is 0 Å². The highest BCUT2D eigenvalue weighted by atomic mass is 35.5. The first-order valence-electron chi connectivity index (χ1n) is 6.41. The topological polar surface area (TPSA) is 66.4 Å². The van der Waals surface area contributed by atoms with Crippen molar-refractivity contribution in [3.63, 3.8) is 0 Å². The highest BCUT2D eigenvalue weighted by Crippen LogP contribution is 2.24. The molecule has 0 aliphatic heterocycles. The van der Waals surface area contributed by atoms with Crippen molar-refractivity contribution >= 4 is 46.8 Å². The standard InChI is InChI=1S/C14H17Cl2NO3S/c1-9(2-5-14(19)20)17-13(18)8-21-7-10-3-4-11(15)6-12(10)16/h3-4,6,9H,2,5,7-8H2,1H3,(H,17,18)(H,19,20). The van der Waals surface area contributed by atoms with Gasteiger partial charge in [0.15, 0.2) is 0 Å². The van der Waals surface area contributed by atoms with E-state index in [2.05, 4.69) is 5.32 Å². The van der Waals surface area contributed by atoms with Crippen molar-refractivity contribution in [1.82, 2.24) is 5.32 Å². The quantitative estimate of drug-likeness (QED) is 0.752. The number of thioether (sulfide) groups is 1. The summed E-state index contributed by atoms with van der Waals surface area (Å²) in [5, 5.41) is 12.5. The molecule has 1 amide bonds. The number of carboxylic acids is 1. The van der Waals surface area contributed by atoms with Gasteiger partial charge < -0.3 is 10.4 Å². The summed E-state index contributed by atoms with van der Waals surface area (Å²) in [4.78, 5) is 22.1. The number of carboxylic acid groups (broad SMARTS) is 1. The number of aliphatic carboxylic acids is 1. The Morgan fingerprint density at radius 3 is 2.71 bits per heavy atom. The molecule has 0 aromatic heterocycles. The summed E-state index contributed by atoms with van der Waals surface area (Å²) >= 11 is 13.3. The number of benzene rings is 1. The first-order chi connectivity index (χ1) is 9.88. The van der Waals surface area contributed by atoms with E-state index in [1.807, 2.05) is 6.07 Å². The van der Waals surface area contributed by atoms with E-state index < -0.39 is 5.97 Å². The van der Waals surface area contributed by atoms with E-state index in [9.17, 15) is 9.59 Å². The number of carbonyl (C=O) groups excluding carboxylic acids is 1.